The Balaban J connectivity index is 1.73. The maximum atomic E-state index is 13.1. The summed E-state index contributed by atoms with van der Waals surface area (Å²) in [5.74, 6) is -0.500. The van der Waals surface area contributed by atoms with Gasteiger partial charge in [0.1, 0.15) is 5.56 Å². The van der Waals surface area contributed by atoms with Crippen molar-refractivity contribution in [2.45, 2.75) is 38.8 Å². The maximum absolute atomic E-state index is 13.1. The molecule has 2 aromatic heterocycles. The van der Waals surface area contributed by atoms with Crippen molar-refractivity contribution >= 4 is 23.4 Å². The molecule has 0 N–H and O–H groups in total. The summed E-state index contributed by atoms with van der Waals surface area (Å²) >= 11 is 6.15. The van der Waals surface area contributed by atoms with Gasteiger partial charge >= 0.3 is 0 Å². The second-order valence-corrected chi connectivity index (χ2v) is 8.15. The van der Waals surface area contributed by atoms with Crippen LogP contribution in [0.2, 0.25) is 5.02 Å². The van der Waals surface area contributed by atoms with Crippen LogP contribution < -0.4 is 5.56 Å². The zero-order valence-electron chi connectivity index (χ0n) is 16.8. The number of amides is 2. The molecule has 4 rings (SSSR count). The Morgan fingerprint density at radius 3 is 2.62 bits per heavy atom. The van der Waals surface area contributed by atoms with Crippen molar-refractivity contribution in [3.8, 4) is 0 Å². The number of hydrogen-bond donors (Lipinski definition) is 0. The molecule has 0 saturated heterocycles. The van der Waals surface area contributed by atoms with E-state index in [1.54, 1.807) is 34.7 Å². The number of pyridine rings is 1. The van der Waals surface area contributed by atoms with E-state index >= 15 is 0 Å². The van der Waals surface area contributed by atoms with E-state index in [1.165, 1.54) is 4.68 Å². The van der Waals surface area contributed by atoms with Gasteiger partial charge in [-0.25, -0.2) is 0 Å². The summed E-state index contributed by atoms with van der Waals surface area (Å²) < 4.78 is 3.19. The van der Waals surface area contributed by atoms with E-state index in [-0.39, 0.29) is 34.7 Å². The SMILES string of the molecule is CCN(C)C(=O)c1c2c(cn(C3CC3)c1=O)CN(C(=O)c1nn(C)cc1Cl)CC2. The highest BCUT2D eigenvalue weighted by Gasteiger charge is 2.33. The molecule has 9 heteroatoms. The van der Waals surface area contributed by atoms with Crippen LogP contribution in [0.15, 0.2) is 17.2 Å². The maximum Gasteiger partial charge on any atom is 0.276 e. The third kappa shape index (κ3) is 3.46. The zero-order valence-corrected chi connectivity index (χ0v) is 17.6. The Kier molecular flexibility index (Phi) is 4.98. The quantitative estimate of drug-likeness (QED) is 0.760. The van der Waals surface area contributed by atoms with Gasteiger partial charge < -0.3 is 14.4 Å². The van der Waals surface area contributed by atoms with Crippen LogP contribution >= 0.6 is 11.6 Å². The molecule has 2 amide bonds. The topological polar surface area (TPSA) is 80.4 Å². The second kappa shape index (κ2) is 7.33. The van der Waals surface area contributed by atoms with Gasteiger partial charge in [0.2, 0.25) is 0 Å². The van der Waals surface area contributed by atoms with Crippen molar-refractivity contribution in [3.63, 3.8) is 0 Å². The monoisotopic (exact) mass is 417 g/mol. The lowest BCUT2D eigenvalue weighted by molar-refractivity contribution is 0.0726. The van der Waals surface area contributed by atoms with Crippen LogP contribution in [0, 0.1) is 0 Å². The van der Waals surface area contributed by atoms with Gasteiger partial charge in [-0.1, -0.05) is 11.6 Å². The Bertz CT molecular complexity index is 1050. The largest absolute Gasteiger partial charge is 0.342 e. The molecule has 8 nitrogen and oxygen atoms in total. The lowest BCUT2D eigenvalue weighted by Gasteiger charge is -2.30. The molecule has 1 saturated carbocycles. The number of carbonyl (C=O) groups is 2. The van der Waals surface area contributed by atoms with Crippen molar-refractivity contribution in [1.82, 2.24) is 24.1 Å². The first kappa shape index (κ1) is 19.7. The van der Waals surface area contributed by atoms with Crippen LogP contribution in [0.3, 0.4) is 0 Å². The van der Waals surface area contributed by atoms with Crippen molar-refractivity contribution < 1.29 is 9.59 Å². The fourth-order valence-electron chi connectivity index (χ4n) is 3.78. The molecule has 1 fully saturated rings. The summed E-state index contributed by atoms with van der Waals surface area (Å²) in [5.41, 5.74) is 1.85. The summed E-state index contributed by atoms with van der Waals surface area (Å²) in [6.45, 7) is 3.13. The molecule has 0 spiro atoms. The number of hydrogen-bond acceptors (Lipinski definition) is 4. The second-order valence-electron chi connectivity index (χ2n) is 7.75. The van der Waals surface area contributed by atoms with Crippen LogP contribution in [-0.2, 0) is 20.0 Å². The average Bonchev–Trinajstić information content (AvgIpc) is 3.49. The summed E-state index contributed by atoms with van der Waals surface area (Å²) in [6, 6.07) is 0.141. The molecular weight excluding hydrogens is 394 g/mol. The summed E-state index contributed by atoms with van der Waals surface area (Å²) in [6.07, 6.45) is 5.74. The Morgan fingerprint density at radius 1 is 1.31 bits per heavy atom. The molecule has 3 heterocycles. The number of fused-ring (bicyclic) bond motifs is 1. The minimum Gasteiger partial charge on any atom is -0.342 e. The number of aromatic nitrogens is 3. The van der Waals surface area contributed by atoms with Crippen LogP contribution in [0.25, 0.3) is 0 Å². The van der Waals surface area contributed by atoms with Crippen molar-refractivity contribution in [3.05, 3.63) is 50.2 Å². The Labute approximate surface area is 173 Å². The van der Waals surface area contributed by atoms with Crippen LogP contribution in [0.1, 0.15) is 57.8 Å². The van der Waals surface area contributed by atoms with Gasteiger partial charge in [-0.15, -0.1) is 0 Å². The average molecular weight is 418 g/mol. The first-order valence-electron chi connectivity index (χ1n) is 9.82. The molecule has 1 aliphatic heterocycles. The molecule has 0 aromatic carbocycles. The van der Waals surface area contributed by atoms with E-state index < -0.39 is 0 Å². The molecule has 2 aromatic rings. The number of carbonyl (C=O) groups excluding carboxylic acids is 2. The lowest BCUT2D eigenvalue weighted by atomic mass is 9.95. The van der Waals surface area contributed by atoms with Gasteiger partial charge in [-0.05, 0) is 37.3 Å². The molecule has 29 heavy (non-hydrogen) atoms. The number of halogens is 1. The molecule has 154 valence electrons. The van der Waals surface area contributed by atoms with Crippen molar-refractivity contribution in [2.24, 2.45) is 7.05 Å². The highest BCUT2D eigenvalue weighted by molar-refractivity contribution is 6.33. The molecular formula is C20H24ClN5O3. The lowest BCUT2D eigenvalue weighted by Crippen LogP contribution is -2.41. The van der Waals surface area contributed by atoms with Gasteiger partial charge in [-0.3, -0.25) is 19.1 Å². The summed E-state index contributed by atoms with van der Waals surface area (Å²) in [7, 11) is 3.41. The smallest absolute Gasteiger partial charge is 0.276 e. The van der Waals surface area contributed by atoms with Crippen LogP contribution in [0.4, 0.5) is 0 Å². The highest BCUT2D eigenvalue weighted by atomic mass is 35.5. The predicted octanol–water partition coefficient (Wildman–Crippen LogP) is 1.86. The van der Waals surface area contributed by atoms with E-state index in [0.717, 1.165) is 24.0 Å². The van der Waals surface area contributed by atoms with E-state index in [1.807, 2.05) is 13.1 Å². The molecule has 1 aliphatic carbocycles. The van der Waals surface area contributed by atoms with Gasteiger partial charge in [0.15, 0.2) is 5.69 Å². The van der Waals surface area contributed by atoms with E-state index in [4.69, 9.17) is 11.6 Å². The Morgan fingerprint density at radius 2 is 2.03 bits per heavy atom. The van der Waals surface area contributed by atoms with Crippen LogP contribution in [0.5, 0.6) is 0 Å². The van der Waals surface area contributed by atoms with Gasteiger partial charge in [0, 0.05) is 52.2 Å². The minimum atomic E-state index is -0.253. The summed E-state index contributed by atoms with van der Waals surface area (Å²) in [5, 5.41) is 4.48. The third-order valence-electron chi connectivity index (χ3n) is 5.67. The van der Waals surface area contributed by atoms with E-state index in [2.05, 4.69) is 5.10 Å². The highest BCUT2D eigenvalue weighted by Crippen LogP contribution is 2.35. The minimum absolute atomic E-state index is 0.141. The molecule has 2 aliphatic rings. The van der Waals surface area contributed by atoms with Gasteiger partial charge in [-0.2, -0.15) is 5.10 Å². The molecule has 0 radical (unpaired) electrons. The molecule has 0 bridgehead atoms. The molecule has 0 unspecified atom stereocenters. The normalized spacial score (nSPS) is 15.9. The van der Waals surface area contributed by atoms with Crippen molar-refractivity contribution in [2.75, 3.05) is 20.1 Å². The fourth-order valence-corrected chi connectivity index (χ4v) is 4.04. The molecule has 0 atom stereocenters. The zero-order chi connectivity index (χ0) is 20.9. The fraction of sp³-hybridized carbons (Fsp3) is 0.500. The van der Waals surface area contributed by atoms with Gasteiger partial charge in [0.25, 0.3) is 17.4 Å². The van der Waals surface area contributed by atoms with E-state index in [9.17, 15) is 14.4 Å². The number of aryl methyl sites for hydroxylation is 1. The number of nitrogens with zero attached hydrogens (tertiary/aromatic N) is 5. The number of rotatable bonds is 4. The third-order valence-corrected chi connectivity index (χ3v) is 5.95. The predicted molar refractivity (Wildman–Crippen MR) is 108 cm³/mol. The van der Waals surface area contributed by atoms with Crippen LogP contribution in [-0.4, -0.2) is 56.1 Å². The Hall–Kier alpha value is -2.61. The van der Waals surface area contributed by atoms with Gasteiger partial charge in [0.05, 0.1) is 5.02 Å². The summed E-state index contributed by atoms with van der Waals surface area (Å²) in [4.78, 5) is 42.2. The van der Waals surface area contributed by atoms with Crippen molar-refractivity contribution in [1.29, 1.82) is 0 Å². The first-order chi connectivity index (χ1) is 13.8. The first-order valence-corrected chi connectivity index (χ1v) is 10.2. The standard InChI is InChI=1S/C20H24ClN5O3/c1-4-23(2)18(27)16-14-7-8-25(20(29)17-15(21)11-24(3)22-17)9-12(14)10-26(19(16)28)13-5-6-13/h10-11,13H,4-9H2,1-3H3. The van der Waals surface area contributed by atoms with E-state index in [0.29, 0.717) is 31.1 Å².